The molecule has 1 aromatic heterocycles. The maximum atomic E-state index is 12.5. The highest BCUT2D eigenvalue weighted by atomic mass is 16.4. The fourth-order valence-electron chi connectivity index (χ4n) is 2.89. The summed E-state index contributed by atoms with van der Waals surface area (Å²) in [6, 6.07) is 3.27. The predicted molar refractivity (Wildman–Crippen MR) is 81.7 cm³/mol. The average Bonchev–Trinajstić information content (AvgIpc) is 2.48. The molecule has 1 fully saturated rings. The fraction of sp³-hybridized carbons (Fsp3) is 0.562. The Morgan fingerprint density at radius 3 is 2.82 bits per heavy atom. The van der Waals surface area contributed by atoms with E-state index in [2.05, 4.69) is 0 Å². The number of likely N-dealkylation sites (tertiary alicyclic amines) is 1. The Hall–Kier alpha value is -2.11. The summed E-state index contributed by atoms with van der Waals surface area (Å²) in [5.41, 5.74) is 0.679. The van der Waals surface area contributed by atoms with E-state index >= 15 is 0 Å². The third-order valence-corrected chi connectivity index (χ3v) is 4.10. The highest BCUT2D eigenvalue weighted by Gasteiger charge is 2.27. The second-order valence-corrected chi connectivity index (χ2v) is 5.84. The fourth-order valence-corrected chi connectivity index (χ4v) is 2.89. The summed E-state index contributed by atoms with van der Waals surface area (Å²) in [4.78, 5) is 36.8. The van der Waals surface area contributed by atoms with Crippen LogP contribution in [0.5, 0.6) is 0 Å². The van der Waals surface area contributed by atoms with Gasteiger partial charge in [-0.25, -0.2) is 0 Å². The van der Waals surface area contributed by atoms with Crippen LogP contribution in [0.2, 0.25) is 0 Å². The molecule has 0 aromatic carbocycles. The van der Waals surface area contributed by atoms with Gasteiger partial charge < -0.3 is 14.6 Å². The van der Waals surface area contributed by atoms with Crippen LogP contribution in [0.25, 0.3) is 0 Å². The number of rotatable bonds is 5. The molecule has 120 valence electrons. The first kappa shape index (κ1) is 16.3. The van der Waals surface area contributed by atoms with Gasteiger partial charge in [0, 0.05) is 31.3 Å². The number of pyridine rings is 1. The number of amides is 1. The van der Waals surface area contributed by atoms with Gasteiger partial charge in [-0.2, -0.15) is 0 Å². The summed E-state index contributed by atoms with van der Waals surface area (Å²) in [6.07, 6.45) is 4.95. The molecule has 1 aliphatic rings. The van der Waals surface area contributed by atoms with Crippen LogP contribution >= 0.6 is 0 Å². The summed E-state index contributed by atoms with van der Waals surface area (Å²) in [5.74, 6) is -0.950. The zero-order chi connectivity index (χ0) is 16.1. The molecule has 1 N–H and O–H groups in total. The quantitative estimate of drug-likeness (QED) is 0.892. The van der Waals surface area contributed by atoms with Gasteiger partial charge in [-0.05, 0) is 44.2 Å². The van der Waals surface area contributed by atoms with Gasteiger partial charge in [0.2, 0.25) is 5.91 Å². The van der Waals surface area contributed by atoms with Crippen molar-refractivity contribution in [3.63, 3.8) is 0 Å². The molecule has 0 bridgehead atoms. The van der Waals surface area contributed by atoms with Crippen molar-refractivity contribution in [2.75, 3.05) is 6.54 Å². The van der Waals surface area contributed by atoms with Crippen LogP contribution < -0.4 is 5.56 Å². The minimum atomic E-state index is -0.840. The van der Waals surface area contributed by atoms with E-state index in [1.54, 1.807) is 17.2 Å². The molecule has 2 heterocycles. The monoisotopic (exact) mass is 306 g/mol. The summed E-state index contributed by atoms with van der Waals surface area (Å²) >= 11 is 0. The van der Waals surface area contributed by atoms with Crippen LogP contribution in [0, 0.1) is 6.92 Å². The van der Waals surface area contributed by atoms with Crippen LogP contribution in [0.4, 0.5) is 0 Å². The molecule has 1 aliphatic heterocycles. The standard InChI is InChI=1S/C16H22N2O4/c1-12-7-9-17(14(19)10-12)11-15(20)18-8-3-2-4-13(18)5-6-16(21)22/h7,9-10,13H,2-6,8,11H2,1H3,(H,21,22). The first-order chi connectivity index (χ1) is 10.5. The maximum absolute atomic E-state index is 12.5. The van der Waals surface area contributed by atoms with Crippen molar-refractivity contribution in [2.45, 2.75) is 51.6 Å². The lowest BCUT2D eigenvalue weighted by Gasteiger charge is -2.35. The molecule has 0 spiro atoms. The molecule has 1 saturated heterocycles. The Bertz CT molecular complexity index is 608. The zero-order valence-corrected chi connectivity index (χ0v) is 12.8. The molecule has 1 unspecified atom stereocenters. The molecule has 1 atom stereocenters. The summed E-state index contributed by atoms with van der Waals surface area (Å²) in [5, 5.41) is 8.82. The first-order valence-electron chi connectivity index (χ1n) is 7.66. The number of carbonyl (C=O) groups excluding carboxylic acids is 1. The third-order valence-electron chi connectivity index (χ3n) is 4.10. The van der Waals surface area contributed by atoms with Gasteiger partial charge >= 0.3 is 5.97 Å². The Morgan fingerprint density at radius 2 is 2.14 bits per heavy atom. The first-order valence-corrected chi connectivity index (χ1v) is 7.66. The SMILES string of the molecule is Cc1ccn(CC(=O)N2CCCCC2CCC(=O)O)c(=O)c1. The molecule has 6 nitrogen and oxygen atoms in total. The van der Waals surface area contributed by atoms with Crippen molar-refractivity contribution in [1.82, 2.24) is 9.47 Å². The Balaban J connectivity index is 2.05. The van der Waals surface area contributed by atoms with Gasteiger partial charge in [0.05, 0.1) is 0 Å². The smallest absolute Gasteiger partial charge is 0.303 e. The molecule has 2 rings (SSSR count). The van der Waals surface area contributed by atoms with E-state index in [0.717, 1.165) is 24.8 Å². The van der Waals surface area contributed by atoms with E-state index < -0.39 is 5.97 Å². The van der Waals surface area contributed by atoms with Crippen LogP contribution in [0.15, 0.2) is 23.1 Å². The highest BCUT2D eigenvalue weighted by molar-refractivity contribution is 5.76. The van der Waals surface area contributed by atoms with E-state index in [-0.39, 0.29) is 30.5 Å². The Kier molecular flexibility index (Phi) is 5.35. The lowest BCUT2D eigenvalue weighted by Crippen LogP contribution is -2.46. The Labute approximate surface area is 129 Å². The molecule has 0 saturated carbocycles. The highest BCUT2D eigenvalue weighted by Crippen LogP contribution is 2.21. The maximum Gasteiger partial charge on any atom is 0.303 e. The van der Waals surface area contributed by atoms with Gasteiger partial charge in [0.15, 0.2) is 0 Å². The normalized spacial score (nSPS) is 18.2. The second-order valence-electron chi connectivity index (χ2n) is 5.84. The lowest BCUT2D eigenvalue weighted by molar-refractivity contribution is -0.140. The van der Waals surface area contributed by atoms with E-state index in [9.17, 15) is 14.4 Å². The van der Waals surface area contributed by atoms with Crippen molar-refractivity contribution in [1.29, 1.82) is 0 Å². The van der Waals surface area contributed by atoms with Crippen LogP contribution in [-0.4, -0.2) is 39.0 Å². The number of carboxylic acids is 1. The van der Waals surface area contributed by atoms with E-state index in [1.165, 1.54) is 10.6 Å². The van der Waals surface area contributed by atoms with Crippen LogP contribution in [-0.2, 0) is 16.1 Å². The molecular formula is C16H22N2O4. The summed E-state index contributed by atoms with van der Waals surface area (Å²) < 4.78 is 1.40. The number of carbonyl (C=O) groups is 2. The molecule has 6 heteroatoms. The molecule has 1 aromatic rings. The molecule has 1 amide bonds. The van der Waals surface area contributed by atoms with Crippen molar-refractivity contribution >= 4 is 11.9 Å². The number of hydrogen-bond acceptors (Lipinski definition) is 3. The topological polar surface area (TPSA) is 79.6 Å². The number of piperidine rings is 1. The minimum absolute atomic E-state index is 0.0166. The second kappa shape index (κ2) is 7.24. The lowest BCUT2D eigenvalue weighted by atomic mass is 9.98. The van der Waals surface area contributed by atoms with E-state index in [1.807, 2.05) is 6.92 Å². The number of aliphatic carboxylic acids is 1. The molecule has 22 heavy (non-hydrogen) atoms. The summed E-state index contributed by atoms with van der Waals surface area (Å²) in [7, 11) is 0. The average molecular weight is 306 g/mol. The summed E-state index contributed by atoms with van der Waals surface area (Å²) in [6.45, 7) is 2.49. The van der Waals surface area contributed by atoms with Crippen LogP contribution in [0.1, 0.15) is 37.7 Å². The predicted octanol–water partition coefficient (Wildman–Crippen LogP) is 1.40. The van der Waals surface area contributed by atoms with Crippen molar-refractivity contribution in [3.8, 4) is 0 Å². The van der Waals surface area contributed by atoms with Gasteiger partial charge in [0.1, 0.15) is 6.54 Å². The van der Waals surface area contributed by atoms with Crippen molar-refractivity contribution in [2.24, 2.45) is 0 Å². The van der Waals surface area contributed by atoms with E-state index in [4.69, 9.17) is 5.11 Å². The van der Waals surface area contributed by atoms with E-state index in [0.29, 0.717) is 13.0 Å². The number of nitrogens with zero attached hydrogens (tertiary/aromatic N) is 2. The molecule has 0 radical (unpaired) electrons. The largest absolute Gasteiger partial charge is 0.481 e. The van der Waals surface area contributed by atoms with Gasteiger partial charge in [-0.15, -0.1) is 0 Å². The number of hydrogen-bond donors (Lipinski definition) is 1. The van der Waals surface area contributed by atoms with Gasteiger partial charge in [0.25, 0.3) is 5.56 Å². The molecular weight excluding hydrogens is 284 g/mol. The van der Waals surface area contributed by atoms with Crippen LogP contribution in [0.3, 0.4) is 0 Å². The van der Waals surface area contributed by atoms with Crippen molar-refractivity contribution < 1.29 is 14.7 Å². The molecule has 0 aliphatic carbocycles. The zero-order valence-electron chi connectivity index (χ0n) is 12.8. The van der Waals surface area contributed by atoms with Crippen molar-refractivity contribution in [3.05, 3.63) is 34.2 Å². The minimum Gasteiger partial charge on any atom is -0.481 e. The van der Waals surface area contributed by atoms with Gasteiger partial charge in [-0.3, -0.25) is 14.4 Å². The third kappa shape index (κ3) is 4.19. The Morgan fingerprint density at radius 1 is 1.36 bits per heavy atom. The number of aryl methyl sites for hydroxylation is 1. The van der Waals surface area contributed by atoms with Gasteiger partial charge in [-0.1, -0.05) is 0 Å². The number of aromatic nitrogens is 1. The number of carboxylic acid groups (broad SMARTS) is 1.